The molecule has 3 nitrogen and oxygen atoms in total. The van der Waals surface area contributed by atoms with Gasteiger partial charge in [0.25, 0.3) is 0 Å². The van der Waals surface area contributed by atoms with Crippen molar-refractivity contribution in [1.82, 2.24) is 0 Å². The number of nitriles is 2. The average molecular weight is 217 g/mol. The number of nitrogens with zero attached hydrogens (tertiary/aromatic N) is 2. The summed E-state index contributed by atoms with van der Waals surface area (Å²) >= 11 is 1.35. The van der Waals surface area contributed by atoms with Crippen molar-refractivity contribution in [3.05, 3.63) is 23.8 Å². The molecule has 0 radical (unpaired) electrons. The van der Waals surface area contributed by atoms with Gasteiger partial charge in [0.1, 0.15) is 5.25 Å². The van der Waals surface area contributed by atoms with E-state index in [9.17, 15) is 0 Å². The Balaban J connectivity index is 2.84. The second-order valence-electron chi connectivity index (χ2n) is 3.14. The summed E-state index contributed by atoms with van der Waals surface area (Å²) in [6.45, 7) is 1.97. The minimum absolute atomic E-state index is 0.217. The third-order valence-electron chi connectivity index (χ3n) is 1.86. The number of hydrogen-bond acceptors (Lipinski definition) is 4. The zero-order chi connectivity index (χ0) is 11.3. The Morgan fingerprint density at radius 2 is 2.20 bits per heavy atom. The van der Waals surface area contributed by atoms with Crippen LogP contribution in [0.5, 0.6) is 0 Å². The molecule has 1 atom stereocenters. The van der Waals surface area contributed by atoms with E-state index in [1.807, 2.05) is 31.2 Å². The third kappa shape index (κ3) is 3.19. The fraction of sp³-hybridized carbons (Fsp3) is 0.273. The van der Waals surface area contributed by atoms with E-state index in [4.69, 9.17) is 16.3 Å². The van der Waals surface area contributed by atoms with Gasteiger partial charge in [0, 0.05) is 10.6 Å². The third-order valence-corrected chi connectivity index (χ3v) is 3.02. The van der Waals surface area contributed by atoms with Crippen molar-refractivity contribution in [2.24, 2.45) is 0 Å². The Bertz CT molecular complexity index is 428. The largest absolute Gasteiger partial charge is 0.398 e. The van der Waals surface area contributed by atoms with Crippen LogP contribution >= 0.6 is 11.8 Å². The van der Waals surface area contributed by atoms with Crippen LogP contribution in [-0.4, -0.2) is 5.25 Å². The fourth-order valence-corrected chi connectivity index (χ4v) is 2.07. The lowest BCUT2D eigenvalue weighted by atomic mass is 10.2. The summed E-state index contributed by atoms with van der Waals surface area (Å²) in [7, 11) is 0. The van der Waals surface area contributed by atoms with E-state index < -0.39 is 0 Å². The molecule has 1 aromatic rings. The molecule has 1 aromatic carbocycles. The topological polar surface area (TPSA) is 73.6 Å². The summed E-state index contributed by atoms with van der Waals surface area (Å²) in [6.07, 6.45) is 0.217. The van der Waals surface area contributed by atoms with Crippen LogP contribution in [0.25, 0.3) is 0 Å². The van der Waals surface area contributed by atoms with Gasteiger partial charge in [0.2, 0.25) is 0 Å². The molecule has 0 aliphatic rings. The Morgan fingerprint density at radius 3 is 2.80 bits per heavy atom. The van der Waals surface area contributed by atoms with E-state index in [0.29, 0.717) is 5.69 Å². The first kappa shape index (κ1) is 11.4. The number of nitrogens with two attached hydrogens (primary N) is 1. The molecule has 0 heterocycles. The van der Waals surface area contributed by atoms with Crippen molar-refractivity contribution in [3.8, 4) is 12.1 Å². The highest BCUT2D eigenvalue weighted by atomic mass is 32.2. The lowest BCUT2D eigenvalue weighted by Crippen LogP contribution is -1.98. The number of aryl methyl sites for hydroxylation is 1. The molecule has 76 valence electrons. The molecule has 1 rings (SSSR count). The Kier molecular flexibility index (Phi) is 4.03. The number of anilines is 1. The number of benzene rings is 1. The molecule has 0 aromatic heterocycles. The first-order chi connectivity index (χ1) is 7.17. The molecule has 0 aliphatic carbocycles. The van der Waals surface area contributed by atoms with Gasteiger partial charge in [-0.3, -0.25) is 0 Å². The molecular formula is C11H11N3S. The minimum atomic E-state index is -0.348. The van der Waals surface area contributed by atoms with E-state index in [0.717, 1.165) is 10.5 Å². The van der Waals surface area contributed by atoms with Crippen molar-refractivity contribution in [3.63, 3.8) is 0 Å². The molecule has 0 bridgehead atoms. The fourth-order valence-electron chi connectivity index (χ4n) is 1.09. The highest BCUT2D eigenvalue weighted by molar-refractivity contribution is 8.00. The van der Waals surface area contributed by atoms with Crippen molar-refractivity contribution in [1.29, 1.82) is 10.5 Å². The van der Waals surface area contributed by atoms with Crippen LogP contribution in [0.2, 0.25) is 0 Å². The van der Waals surface area contributed by atoms with Crippen molar-refractivity contribution < 1.29 is 0 Å². The molecule has 0 saturated heterocycles. The smallest absolute Gasteiger partial charge is 0.109 e. The summed E-state index contributed by atoms with van der Waals surface area (Å²) in [5, 5.41) is 17.0. The highest BCUT2D eigenvalue weighted by Gasteiger charge is 2.10. The zero-order valence-electron chi connectivity index (χ0n) is 8.40. The molecule has 0 amide bonds. The normalized spacial score (nSPS) is 11.4. The van der Waals surface area contributed by atoms with Gasteiger partial charge >= 0.3 is 0 Å². The summed E-state index contributed by atoms with van der Waals surface area (Å²) < 4.78 is 0. The second-order valence-corrected chi connectivity index (χ2v) is 4.38. The second kappa shape index (κ2) is 5.29. The van der Waals surface area contributed by atoms with E-state index in [-0.39, 0.29) is 11.7 Å². The van der Waals surface area contributed by atoms with Gasteiger partial charge in [-0.05, 0) is 24.6 Å². The van der Waals surface area contributed by atoms with E-state index in [1.54, 1.807) is 0 Å². The van der Waals surface area contributed by atoms with Crippen LogP contribution < -0.4 is 5.73 Å². The summed E-state index contributed by atoms with van der Waals surface area (Å²) in [6, 6.07) is 9.74. The van der Waals surface area contributed by atoms with Gasteiger partial charge in [0.15, 0.2) is 0 Å². The molecule has 15 heavy (non-hydrogen) atoms. The minimum Gasteiger partial charge on any atom is -0.398 e. The van der Waals surface area contributed by atoms with Crippen molar-refractivity contribution >= 4 is 17.4 Å². The van der Waals surface area contributed by atoms with E-state index in [2.05, 4.69) is 6.07 Å². The average Bonchev–Trinajstić information content (AvgIpc) is 2.22. The number of thioether (sulfide) groups is 1. The Hall–Kier alpha value is -1.65. The van der Waals surface area contributed by atoms with Crippen LogP contribution in [0.4, 0.5) is 5.69 Å². The number of rotatable bonds is 3. The van der Waals surface area contributed by atoms with Crippen LogP contribution in [-0.2, 0) is 0 Å². The lowest BCUT2D eigenvalue weighted by Gasteiger charge is -2.08. The Labute approximate surface area is 93.5 Å². The number of hydrogen-bond donors (Lipinski definition) is 1. The van der Waals surface area contributed by atoms with E-state index >= 15 is 0 Å². The highest BCUT2D eigenvalue weighted by Crippen LogP contribution is 2.30. The van der Waals surface area contributed by atoms with Gasteiger partial charge in [-0.25, -0.2) is 0 Å². The van der Waals surface area contributed by atoms with Gasteiger partial charge in [0.05, 0.1) is 18.6 Å². The van der Waals surface area contributed by atoms with Crippen LogP contribution in [0.15, 0.2) is 23.1 Å². The maximum Gasteiger partial charge on any atom is 0.109 e. The Morgan fingerprint density at radius 1 is 1.47 bits per heavy atom. The first-order valence-electron chi connectivity index (χ1n) is 4.46. The van der Waals surface area contributed by atoms with Crippen LogP contribution in [0.3, 0.4) is 0 Å². The number of nitrogen functional groups attached to an aromatic ring is 1. The monoisotopic (exact) mass is 217 g/mol. The summed E-state index contributed by atoms with van der Waals surface area (Å²) in [4.78, 5) is 0.872. The van der Waals surface area contributed by atoms with E-state index in [1.165, 1.54) is 11.8 Å². The van der Waals surface area contributed by atoms with Gasteiger partial charge < -0.3 is 5.73 Å². The van der Waals surface area contributed by atoms with Crippen molar-refractivity contribution in [2.75, 3.05) is 5.73 Å². The molecule has 1 unspecified atom stereocenters. The predicted molar refractivity (Wildman–Crippen MR) is 61.1 cm³/mol. The molecular weight excluding hydrogens is 206 g/mol. The standard InChI is InChI=1S/C11H11N3S/c1-8-2-3-10(14)11(6-8)15-9(7-13)4-5-12/h2-3,6,9H,4,14H2,1H3. The molecule has 0 fully saturated rings. The van der Waals surface area contributed by atoms with Gasteiger partial charge in [-0.2, -0.15) is 10.5 Å². The maximum absolute atomic E-state index is 8.82. The van der Waals surface area contributed by atoms with Crippen molar-refractivity contribution in [2.45, 2.75) is 23.5 Å². The predicted octanol–water partition coefficient (Wildman–Crippen LogP) is 2.48. The summed E-state index contributed by atoms with van der Waals surface area (Å²) in [5.74, 6) is 0. The molecule has 0 aliphatic heterocycles. The van der Waals surface area contributed by atoms with Gasteiger partial charge in [-0.15, -0.1) is 11.8 Å². The molecule has 0 saturated carbocycles. The van der Waals surface area contributed by atoms with Gasteiger partial charge in [-0.1, -0.05) is 6.07 Å². The van der Waals surface area contributed by atoms with Crippen LogP contribution in [0.1, 0.15) is 12.0 Å². The SMILES string of the molecule is Cc1ccc(N)c(SC(C#N)CC#N)c1. The van der Waals surface area contributed by atoms with Crippen LogP contribution in [0, 0.1) is 29.6 Å². The molecule has 2 N–H and O–H groups in total. The first-order valence-corrected chi connectivity index (χ1v) is 5.34. The quantitative estimate of drug-likeness (QED) is 0.623. The molecule has 4 heteroatoms. The maximum atomic E-state index is 8.82. The summed E-state index contributed by atoms with van der Waals surface area (Å²) in [5.41, 5.74) is 7.53. The zero-order valence-corrected chi connectivity index (χ0v) is 9.21. The molecule has 0 spiro atoms. The lowest BCUT2D eigenvalue weighted by molar-refractivity contribution is 1.09.